The zero-order chi connectivity index (χ0) is 15.2. The number of hydrogen-bond acceptors (Lipinski definition) is 3. The Morgan fingerprint density at radius 2 is 2.19 bits per heavy atom. The van der Waals surface area contributed by atoms with Gasteiger partial charge < -0.3 is 10.5 Å². The Morgan fingerprint density at radius 3 is 2.90 bits per heavy atom. The van der Waals surface area contributed by atoms with E-state index in [1.54, 1.807) is 18.2 Å². The second-order valence-electron chi connectivity index (χ2n) is 5.59. The summed E-state index contributed by atoms with van der Waals surface area (Å²) in [6.45, 7) is 1.06. The summed E-state index contributed by atoms with van der Waals surface area (Å²) in [6.07, 6.45) is 4.56. The van der Waals surface area contributed by atoms with Gasteiger partial charge in [0.2, 0.25) is 0 Å². The molecule has 2 atom stereocenters. The summed E-state index contributed by atoms with van der Waals surface area (Å²) in [5.41, 5.74) is 6.72. The molecule has 118 valence electrons. The number of nitrogens with two attached hydrogens (primary N) is 1. The van der Waals surface area contributed by atoms with Crippen molar-refractivity contribution in [2.45, 2.75) is 51.3 Å². The Balaban J connectivity index is 2.11. The molecule has 1 aliphatic heterocycles. The summed E-state index contributed by atoms with van der Waals surface area (Å²) in [7, 11) is 0. The van der Waals surface area contributed by atoms with Gasteiger partial charge in [0.25, 0.3) is 0 Å². The van der Waals surface area contributed by atoms with Gasteiger partial charge in [-0.1, -0.05) is 18.6 Å². The van der Waals surface area contributed by atoms with Crippen molar-refractivity contribution in [1.29, 1.82) is 0 Å². The average molecular weight is 298 g/mol. The van der Waals surface area contributed by atoms with Crippen molar-refractivity contribution in [3.63, 3.8) is 0 Å². The first-order chi connectivity index (χ1) is 10.1. The number of rotatable bonds is 6. The summed E-state index contributed by atoms with van der Waals surface area (Å²) in [6, 6.07) is 7.69. The molecular weight excluding hydrogens is 274 g/mol. The number of likely N-dealkylation sites (tertiary alicyclic amines) is 1. The fourth-order valence-electron chi connectivity index (χ4n) is 3.18. The summed E-state index contributed by atoms with van der Waals surface area (Å²) >= 11 is 0. The third-order valence-electron chi connectivity index (χ3n) is 4.24. The number of halogens is 2. The normalized spacial score (nSPS) is 21.5. The van der Waals surface area contributed by atoms with Crippen LogP contribution in [0, 0.1) is 0 Å². The fourth-order valence-corrected chi connectivity index (χ4v) is 3.18. The first-order valence-corrected chi connectivity index (χ1v) is 7.62. The van der Waals surface area contributed by atoms with Gasteiger partial charge in [0.05, 0.1) is 0 Å². The van der Waals surface area contributed by atoms with Gasteiger partial charge in [0.15, 0.2) is 0 Å². The van der Waals surface area contributed by atoms with Gasteiger partial charge in [0.1, 0.15) is 5.75 Å². The van der Waals surface area contributed by atoms with Gasteiger partial charge in [-0.2, -0.15) is 8.78 Å². The van der Waals surface area contributed by atoms with Gasteiger partial charge in [-0.15, -0.1) is 0 Å². The SMILES string of the molecule is CC(c1cccc(OC(F)F)c1)N1CCCCC1CCN. The van der Waals surface area contributed by atoms with Crippen LogP contribution < -0.4 is 10.5 Å². The van der Waals surface area contributed by atoms with Crippen molar-refractivity contribution in [3.05, 3.63) is 29.8 Å². The molecule has 0 aliphatic carbocycles. The molecule has 0 spiro atoms. The topological polar surface area (TPSA) is 38.5 Å². The predicted octanol–water partition coefficient (Wildman–Crippen LogP) is 3.55. The lowest BCUT2D eigenvalue weighted by atomic mass is 9.95. The highest BCUT2D eigenvalue weighted by Gasteiger charge is 2.26. The Labute approximate surface area is 125 Å². The van der Waals surface area contributed by atoms with Crippen molar-refractivity contribution < 1.29 is 13.5 Å². The van der Waals surface area contributed by atoms with E-state index >= 15 is 0 Å². The first-order valence-electron chi connectivity index (χ1n) is 7.62. The number of ether oxygens (including phenoxy) is 1. The van der Waals surface area contributed by atoms with Crippen LogP contribution in [0.4, 0.5) is 8.78 Å². The van der Waals surface area contributed by atoms with Crippen LogP contribution in [0.2, 0.25) is 0 Å². The standard InChI is InChI=1S/C16H24F2N2O/c1-12(20-10-3-2-6-14(20)8-9-19)13-5-4-7-15(11-13)21-16(17)18/h4-5,7,11-12,14,16H,2-3,6,8-10,19H2,1H3. The largest absolute Gasteiger partial charge is 0.435 e. The lowest BCUT2D eigenvalue weighted by Crippen LogP contribution is -2.42. The molecule has 0 radical (unpaired) electrons. The quantitative estimate of drug-likeness (QED) is 0.873. The van der Waals surface area contributed by atoms with E-state index in [-0.39, 0.29) is 11.8 Å². The maximum Gasteiger partial charge on any atom is 0.387 e. The molecule has 1 aliphatic rings. The van der Waals surface area contributed by atoms with E-state index in [0.29, 0.717) is 12.6 Å². The molecule has 0 aromatic heterocycles. The van der Waals surface area contributed by atoms with Crippen molar-refractivity contribution >= 4 is 0 Å². The van der Waals surface area contributed by atoms with E-state index < -0.39 is 6.61 Å². The summed E-state index contributed by atoms with van der Waals surface area (Å²) < 4.78 is 29.1. The van der Waals surface area contributed by atoms with Crippen LogP contribution in [0.15, 0.2) is 24.3 Å². The number of benzene rings is 1. The molecule has 1 aromatic rings. The molecule has 2 rings (SSSR count). The van der Waals surface area contributed by atoms with Crippen molar-refractivity contribution in [1.82, 2.24) is 4.90 Å². The van der Waals surface area contributed by atoms with Crippen molar-refractivity contribution in [3.8, 4) is 5.75 Å². The van der Waals surface area contributed by atoms with E-state index in [9.17, 15) is 8.78 Å². The summed E-state index contributed by atoms with van der Waals surface area (Å²) in [5, 5.41) is 0. The van der Waals surface area contributed by atoms with Crippen LogP contribution >= 0.6 is 0 Å². The number of nitrogens with zero attached hydrogens (tertiary/aromatic N) is 1. The molecule has 1 fully saturated rings. The van der Waals surface area contributed by atoms with Gasteiger partial charge >= 0.3 is 6.61 Å². The van der Waals surface area contributed by atoms with E-state index in [1.165, 1.54) is 12.8 Å². The van der Waals surface area contributed by atoms with Crippen LogP contribution in [0.1, 0.15) is 44.2 Å². The highest BCUT2D eigenvalue weighted by atomic mass is 19.3. The zero-order valence-corrected chi connectivity index (χ0v) is 12.5. The van der Waals surface area contributed by atoms with Crippen molar-refractivity contribution in [2.75, 3.05) is 13.1 Å². The van der Waals surface area contributed by atoms with Crippen LogP contribution in [0.25, 0.3) is 0 Å². The minimum absolute atomic E-state index is 0.183. The predicted molar refractivity (Wildman–Crippen MR) is 79.5 cm³/mol. The Hall–Kier alpha value is -1.20. The third kappa shape index (κ3) is 4.38. The highest BCUT2D eigenvalue weighted by molar-refractivity contribution is 5.30. The number of alkyl halides is 2. The zero-order valence-electron chi connectivity index (χ0n) is 12.5. The molecule has 1 saturated heterocycles. The fraction of sp³-hybridized carbons (Fsp3) is 0.625. The van der Waals surface area contributed by atoms with Gasteiger partial charge in [-0.05, 0) is 57.0 Å². The molecule has 0 bridgehead atoms. The van der Waals surface area contributed by atoms with Crippen molar-refractivity contribution in [2.24, 2.45) is 5.73 Å². The molecule has 0 saturated carbocycles. The third-order valence-corrected chi connectivity index (χ3v) is 4.24. The second-order valence-corrected chi connectivity index (χ2v) is 5.59. The average Bonchev–Trinajstić information content (AvgIpc) is 2.47. The van der Waals surface area contributed by atoms with Gasteiger partial charge in [-0.3, -0.25) is 4.90 Å². The Morgan fingerprint density at radius 1 is 1.38 bits per heavy atom. The second kappa shape index (κ2) is 7.71. The molecule has 0 amide bonds. The lowest BCUT2D eigenvalue weighted by molar-refractivity contribution is -0.0499. The van der Waals surface area contributed by atoms with E-state index in [2.05, 4.69) is 16.6 Å². The summed E-state index contributed by atoms with van der Waals surface area (Å²) in [4.78, 5) is 2.44. The number of piperidine rings is 1. The van der Waals surface area contributed by atoms with Gasteiger partial charge in [0, 0.05) is 12.1 Å². The van der Waals surface area contributed by atoms with Crippen LogP contribution in [0.5, 0.6) is 5.75 Å². The van der Waals surface area contributed by atoms with Crippen LogP contribution in [0.3, 0.4) is 0 Å². The smallest absolute Gasteiger partial charge is 0.387 e. The molecule has 5 heteroatoms. The lowest BCUT2D eigenvalue weighted by Gasteiger charge is -2.40. The first kappa shape index (κ1) is 16.2. The molecule has 1 aromatic carbocycles. The minimum Gasteiger partial charge on any atom is -0.435 e. The highest BCUT2D eigenvalue weighted by Crippen LogP contribution is 2.31. The van der Waals surface area contributed by atoms with E-state index in [0.717, 1.165) is 24.9 Å². The molecular formula is C16H24F2N2O. The Kier molecular flexibility index (Phi) is 5.94. The maximum absolute atomic E-state index is 12.3. The Bertz CT molecular complexity index is 440. The van der Waals surface area contributed by atoms with Crippen LogP contribution in [-0.4, -0.2) is 30.6 Å². The molecule has 2 N–H and O–H groups in total. The maximum atomic E-state index is 12.3. The number of hydrogen-bond donors (Lipinski definition) is 1. The van der Waals surface area contributed by atoms with E-state index in [1.807, 2.05) is 6.07 Å². The molecule has 2 unspecified atom stereocenters. The minimum atomic E-state index is -2.78. The monoisotopic (exact) mass is 298 g/mol. The molecule has 3 nitrogen and oxygen atoms in total. The van der Waals surface area contributed by atoms with Crippen LogP contribution in [-0.2, 0) is 0 Å². The van der Waals surface area contributed by atoms with E-state index in [4.69, 9.17) is 5.73 Å². The van der Waals surface area contributed by atoms with Gasteiger partial charge in [-0.25, -0.2) is 0 Å². The molecule has 21 heavy (non-hydrogen) atoms. The summed E-state index contributed by atoms with van der Waals surface area (Å²) in [5.74, 6) is 0.224. The molecule has 1 heterocycles.